The van der Waals surface area contributed by atoms with E-state index in [1.54, 1.807) is 12.1 Å². The SMILES string of the molecule is NCC1CCC(Oc2cccc(F)c2)CC1. The summed E-state index contributed by atoms with van der Waals surface area (Å²) in [5.41, 5.74) is 5.63. The molecule has 1 aliphatic carbocycles. The van der Waals surface area contributed by atoms with E-state index >= 15 is 0 Å². The van der Waals surface area contributed by atoms with Crippen LogP contribution in [0.2, 0.25) is 0 Å². The Morgan fingerprint density at radius 2 is 2.00 bits per heavy atom. The first-order valence-electron chi connectivity index (χ1n) is 5.90. The minimum absolute atomic E-state index is 0.226. The molecule has 2 rings (SSSR count). The summed E-state index contributed by atoms with van der Waals surface area (Å²) >= 11 is 0. The Bertz CT molecular complexity index is 334. The van der Waals surface area contributed by atoms with Crippen molar-refractivity contribution in [3.63, 3.8) is 0 Å². The maximum absolute atomic E-state index is 12.9. The average molecular weight is 223 g/mol. The molecular weight excluding hydrogens is 205 g/mol. The maximum atomic E-state index is 12.9. The molecule has 2 N–H and O–H groups in total. The summed E-state index contributed by atoms with van der Waals surface area (Å²) < 4.78 is 18.7. The Kier molecular flexibility index (Phi) is 3.78. The molecule has 88 valence electrons. The van der Waals surface area contributed by atoms with E-state index in [1.165, 1.54) is 12.1 Å². The Morgan fingerprint density at radius 3 is 2.62 bits per heavy atom. The first-order valence-corrected chi connectivity index (χ1v) is 5.90. The van der Waals surface area contributed by atoms with Gasteiger partial charge in [0.25, 0.3) is 0 Å². The second-order valence-corrected chi connectivity index (χ2v) is 4.45. The molecule has 16 heavy (non-hydrogen) atoms. The molecule has 1 aromatic carbocycles. The zero-order valence-corrected chi connectivity index (χ0v) is 9.36. The first-order chi connectivity index (χ1) is 7.78. The van der Waals surface area contributed by atoms with E-state index in [-0.39, 0.29) is 11.9 Å². The summed E-state index contributed by atoms with van der Waals surface area (Å²) in [5, 5.41) is 0. The van der Waals surface area contributed by atoms with Gasteiger partial charge >= 0.3 is 0 Å². The number of ether oxygens (including phenoxy) is 1. The van der Waals surface area contributed by atoms with E-state index in [1.807, 2.05) is 0 Å². The van der Waals surface area contributed by atoms with Gasteiger partial charge < -0.3 is 10.5 Å². The van der Waals surface area contributed by atoms with Gasteiger partial charge in [0.1, 0.15) is 11.6 Å². The molecule has 0 amide bonds. The van der Waals surface area contributed by atoms with E-state index in [0.717, 1.165) is 32.2 Å². The lowest BCUT2D eigenvalue weighted by molar-refractivity contribution is 0.132. The van der Waals surface area contributed by atoms with Crippen molar-refractivity contribution in [3.05, 3.63) is 30.1 Å². The number of nitrogens with two attached hydrogens (primary N) is 1. The highest BCUT2D eigenvalue weighted by molar-refractivity contribution is 5.22. The van der Waals surface area contributed by atoms with Crippen molar-refractivity contribution >= 4 is 0 Å². The summed E-state index contributed by atoms with van der Waals surface area (Å²) in [6.45, 7) is 0.771. The number of rotatable bonds is 3. The van der Waals surface area contributed by atoms with Crippen LogP contribution in [0.1, 0.15) is 25.7 Å². The molecule has 0 spiro atoms. The fourth-order valence-electron chi connectivity index (χ4n) is 2.22. The van der Waals surface area contributed by atoms with Crippen molar-refractivity contribution in [2.45, 2.75) is 31.8 Å². The quantitative estimate of drug-likeness (QED) is 0.855. The number of hydrogen-bond donors (Lipinski definition) is 1. The fourth-order valence-corrected chi connectivity index (χ4v) is 2.22. The van der Waals surface area contributed by atoms with Crippen molar-refractivity contribution < 1.29 is 9.13 Å². The van der Waals surface area contributed by atoms with E-state index in [2.05, 4.69) is 0 Å². The minimum Gasteiger partial charge on any atom is -0.490 e. The topological polar surface area (TPSA) is 35.2 Å². The molecule has 0 aliphatic heterocycles. The van der Waals surface area contributed by atoms with Gasteiger partial charge in [-0.25, -0.2) is 4.39 Å². The van der Waals surface area contributed by atoms with Gasteiger partial charge in [-0.05, 0) is 50.3 Å². The Balaban J connectivity index is 1.87. The summed E-state index contributed by atoms with van der Waals surface area (Å²) in [5.74, 6) is 1.04. The lowest BCUT2D eigenvalue weighted by Crippen LogP contribution is -2.27. The number of hydrogen-bond acceptors (Lipinski definition) is 2. The predicted octanol–water partition coefficient (Wildman–Crippen LogP) is 2.72. The average Bonchev–Trinajstić information content (AvgIpc) is 2.30. The molecule has 0 atom stereocenters. The smallest absolute Gasteiger partial charge is 0.126 e. The van der Waals surface area contributed by atoms with Crippen molar-refractivity contribution in [3.8, 4) is 5.75 Å². The van der Waals surface area contributed by atoms with Gasteiger partial charge in [-0.3, -0.25) is 0 Å². The molecule has 1 aliphatic rings. The van der Waals surface area contributed by atoms with Crippen LogP contribution in [0.25, 0.3) is 0 Å². The predicted molar refractivity (Wildman–Crippen MR) is 61.8 cm³/mol. The van der Waals surface area contributed by atoms with Gasteiger partial charge in [-0.15, -0.1) is 0 Å². The van der Waals surface area contributed by atoms with Crippen LogP contribution in [0.3, 0.4) is 0 Å². The van der Waals surface area contributed by atoms with Crippen LogP contribution in [-0.2, 0) is 0 Å². The molecule has 0 radical (unpaired) electrons. The first kappa shape index (κ1) is 11.4. The normalized spacial score (nSPS) is 25.4. The Morgan fingerprint density at radius 1 is 1.25 bits per heavy atom. The maximum Gasteiger partial charge on any atom is 0.126 e. The van der Waals surface area contributed by atoms with Crippen LogP contribution in [0.4, 0.5) is 4.39 Å². The van der Waals surface area contributed by atoms with Crippen molar-refractivity contribution in [2.24, 2.45) is 11.7 Å². The molecule has 1 saturated carbocycles. The second kappa shape index (κ2) is 5.30. The highest BCUT2D eigenvalue weighted by Gasteiger charge is 2.21. The third kappa shape index (κ3) is 2.95. The summed E-state index contributed by atoms with van der Waals surface area (Å²) in [6.07, 6.45) is 4.52. The lowest BCUT2D eigenvalue weighted by atomic mass is 9.87. The second-order valence-electron chi connectivity index (χ2n) is 4.45. The van der Waals surface area contributed by atoms with Gasteiger partial charge in [0.05, 0.1) is 6.10 Å². The van der Waals surface area contributed by atoms with Crippen LogP contribution in [-0.4, -0.2) is 12.6 Å². The van der Waals surface area contributed by atoms with E-state index in [4.69, 9.17) is 10.5 Å². The van der Waals surface area contributed by atoms with Gasteiger partial charge in [-0.1, -0.05) is 6.07 Å². The Hall–Kier alpha value is -1.09. The molecule has 0 aromatic heterocycles. The zero-order valence-electron chi connectivity index (χ0n) is 9.36. The van der Waals surface area contributed by atoms with Gasteiger partial charge in [0.15, 0.2) is 0 Å². The van der Waals surface area contributed by atoms with E-state index in [9.17, 15) is 4.39 Å². The summed E-state index contributed by atoms with van der Waals surface area (Å²) in [7, 11) is 0. The Labute approximate surface area is 95.6 Å². The largest absolute Gasteiger partial charge is 0.490 e. The van der Waals surface area contributed by atoms with Gasteiger partial charge in [0, 0.05) is 6.07 Å². The zero-order chi connectivity index (χ0) is 11.4. The molecule has 2 nitrogen and oxygen atoms in total. The summed E-state index contributed by atoms with van der Waals surface area (Å²) in [4.78, 5) is 0. The van der Waals surface area contributed by atoms with Gasteiger partial charge in [0.2, 0.25) is 0 Å². The van der Waals surface area contributed by atoms with Gasteiger partial charge in [-0.2, -0.15) is 0 Å². The summed E-state index contributed by atoms with van der Waals surface area (Å²) in [6, 6.07) is 6.35. The molecule has 0 saturated heterocycles. The van der Waals surface area contributed by atoms with Crippen LogP contribution in [0, 0.1) is 11.7 Å². The van der Waals surface area contributed by atoms with Crippen molar-refractivity contribution in [1.82, 2.24) is 0 Å². The molecule has 3 heteroatoms. The third-order valence-electron chi connectivity index (χ3n) is 3.23. The van der Waals surface area contributed by atoms with Crippen molar-refractivity contribution in [2.75, 3.05) is 6.54 Å². The molecule has 0 unspecified atom stereocenters. The molecule has 0 bridgehead atoms. The van der Waals surface area contributed by atoms with Crippen LogP contribution < -0.4 is 10.5 Å². The highest BCUT2D eigenvalue weighted by atomic mass is 19.1. The molecule has 1 fully saturated rings. The van der Waals surface area contributed by atoms with E-state index < -0.39 is 0 Å². The third-order valence-corrected chi connectivity index (χ3v) is 3.23. The monoisotopic (exact) mass is 223 g/mol. The highest BCUT2D eigenvalue weighted by Crippen LogP contribution is 2.27. The van der Waals surface area contributed by atoms with Crippen LogP contribution in [0.5, 0.6) is 5.75 Å². The molecule has 1 aromatic rings. The van der Waals surface area contributed by atoms with Crippen LogP contribution in [0.15, 0.2) is 24.3 Å². The minimum atomic E-state index is -0.242. The number of benzene rings is 1. The lowest BCUT2D eigenvalue weighted by Gasteiger charge is -2.28. The van der Waals surface area contributed by atoms with Crippen LogP contribution >= 0.6 is 0 Å². The van der Waals surface area contributed by atoms with E-state index in [0.29, 0.717) is 11.7 Å². The van der Waals surface area contributed by atoms with Crippen molar-refractivity contribution in [1.29, 1.82) is 0 Å². The standard InChI is InChI=1S/C13H18FNO/c14-11-2-1-3-13(8-11)16-12-6-4-10(9-15)5-7-12/h1-3,8,10,12H,4-7,9,15H2. The fraction of sp³-hybridized carbons (Fsp3) is 0.538. The molecule has 0 heterocycles. The molecular formula is C13H18FNO. The number of halogens is 1.